The highest BCUT2D eigenvalue weighted by Crippen LogP contribution is 2.41. The van der Waals surface area contributed by atoms with E-state index in [0.29, 0.717) is 0 Å². The molecule has 7 nitrogen and oxygen atoms in total. The molecular formula is C68H47N7. The third-order valence-electron chi connectivity index (χ3n) is 15.2. The van der Waals surface area contributed by atoms with Crippen LogP contribution in [0.2, 0.25) is 0 Å². The number of aliphatic imine (C=N–C) groups is 1. The van der Waals surface area contributed by atoms with Gasteiger partial charge in [-0.05, 0) is 143 Å². The van der Waals surface area contributed by atoms with Crippen molar-refractivity contribution in [3.05, 3.63) is 278 Å². The highest BCUT2D eigenvalue weighted by atomic mass is 15.3. The van der Waals surface area contributed by atoms with Crippen LogP contribution in [-0.4, -0.2) is 24.5 Å². The van der Waals surface area contributed by atoms with Crippen LogP contribution in [0, 0.1) is 0 Å². The maximum Gasteiger partial charge on any atom is 0.131 e. The van der Waals surface area contributed by atoms with Gasteiger partial charge in [0.15, 0.2) is 0 Å². The van der Waals surface area contributed by atoms with E-state index in [-0.39, 0.29) is 12.3 Å². The normalized spacial score (nSPS) is 14.8. The largest absolute Gasteiger partial charge is 0.350 e. The topological polar surface area (TPSA) is 64.1 Å². The van der Waals surface area contributed by atoms with Gasteiger partial charge in [0.2, 0.25) is 0 Å². The molecule has 7 heteroatoms. The van der Waals surface area contributed by atoms with Crippen molar-refractivity contribution in [2.24, 2.45) is 4.99 Å². The minimum atomic E-state index is -0.323. The molecule has 4 aromatic heterocycles. The van der Waals surface area contributed by atoms with Gasteiger partial charge in [-0.3, -0.25) is 10.3 Å². The molecule has 0 saturated heterocycles. The van der Waals surface area contributed by atoms with E-state index in [2.05, 4.69) is 272 Å². The maximum atomic E-state index is 5.32. The Bertz CT molecular complexity index is 4320. The van der Waals surface area contributed by atoms with E-state index in [9.17, 15) is 0 Å². The summed E-state index contributed by atoms with van der Waals surface area (Å²) >= 11 is 0. The van der Waals surface area contributed by atoms with Crippen LogP contribution in [0.25, 0.3) is 105 Å². The fourth-order valence-electron chi connectivity index (χ4n) is 11.7. The van der Waals surface area contributed by atoms with Crippen molar-refractivity contribution in [3.63, 3.8) is 0 Å². The zero-order valence-corrected chi connectivity index (χ0v) is 40.7. The summed E-state index contributed by atoms with van der Waals surface area (Å²) in [7, 11) is 0. The van der Waals surface area contributed by atoms with Crippen LogP contribution in [0.4, 0.5) is 0 Å². The number of rotatable bonds is 8. The monoisotopic (exact) mass is 961 g/mol. The summed E-state index contributed by atoms with van der Waals surface area (Å²) in [6.07, 6.45) is 3.18. The Balaban J connectivity index is 0.905. The minimum Gasteiger partial charge on any atom is -0.350 e. The van der Waals surface area contributed by atoms with Crippen molar-refractivity contribution in [2.75, 3.05) is 0 Å². The third-order valence-corrected chi connectivity index (χ3v) is 15.2. The second-order valence-corrected chi connectivity index (χ2v) is 19.5. The van der Waals surface area contributed by atoms with Crippen molar-refractivity contribution in [1.82, 2.24) is 29.3 Å². The van der Waals surface area contributed by atoms with Crippen LogP contribution in [0.1, 0.15) is 29.0 Å². The molecule has 0 spiro atoms. The summed E-state index contributed by atoms with van der Waals surface area (Å²) in [6, 6.07) is 90.1. The number of para-hydroxylation sites is 4. The lowest BCUT2D eigenvalue weighted by molar-refractivity contribution is 0.408. The van der Waals surface area contributed by atoms with Crippen LogP contribution in [0.5, 0.6) is 0 Å². The summed E-state index contributed by atoms with van der Waals surface area (Å²) in [4.78, 5) is 9.63. The summed E-state index contributed by atoms with van der Waals surface area (Å²) in [5.74, 6) is 0.842. The average molecular weight is 962 g/mol. The Morgan fingerprint density at radius 3 is 1.23 bits per heavy atom. The predicted octanol–water partition coefficient (Wildman–Crippen LogP) is 16.0. The second-order valence-electron chi connectivity index (χ2n) is 19.5. The number of nitrogens with one attached hydrogen (secondary N) is 2. The molecule has 75 heavy (non-hydrogen) atoms. The van der Waals surface area contributed by atoms with Gasteiger partial charge in [-0.1, -0.05) is 140 Å². The molecule has 2 atom stereocenters. The molecule has 354 valence electrons. The van der Waals surface area contributed by atoms with E-state index < -0.39 is 0 Å². The molecule has 1 aliphatic rings. The minimum absolute atomic E-state index is 0.178. The van der Waals surface area contributed by atoms with Crippen LogP contribution in [0.15, 0.2) is 266 Å². The van der Waals surface area contributed by atoms with Crippen molar-refractivity contribution in [1.29, 1.82) is 0 Å². The zero-order valence-electron chi connectivity index (χ0n) is 40.7. The van der Waals surface area contributed by atoms with Gasteiger partial charge >= 0.3 is 0 Å². The molecule has 0 aliphatic carbocycles. The smallest absolute Gasteiger partial charge is 0.131 e. The Labute approximate surface area is 432 Å². The highest BCUT2D eigenvalue weighted by molar-refractivity contribution is 6.14. The predicted molar refractivity (Wildman–Crippen MR) is 309 cm³/mol. The number of fused-ring (bicyclic) bond motifs is 9. The molecule has 0 amide bonds. The van der Waals surface area contributed by atoms with Crippen molar-refractivity contribution in [2.45, 2.75) is 12.3 Å². The molecule has 0 fully saturated rings. The first-order valence-corrected chi connectivity index (χ1v) is 25.6. The molecule has 2 unspecified atom stereocenters. The van der Waals surface area contributed by atoms with E-state index in [1.165, 1.54) is 65.5 Å². The Morgan fingerprint density at radius 1 is 0.307 bits per heavy atom. The standard InChI is InChI=1S/C68H47N7/c1-4-15-44(16-5-1)66-70-67(45-35-37-69-38-36-45)72-68(71-66)50-17-14-22-53(39-50)75-64-33-29-48(46-27-31-62-56(40-46)54-23-10-12-25-60(54)73(62)51-18-6-2-7-19-51)42-58(64)59-43-49(30-34-65(59)75)47-28-32-63-57(41-47)55-24-11-13-26-61(55)74(63)52-20-8-3-9-21-52/h1-43,67-68,72H,(H,70,71). The number of hydrogen-bond donors (Lipinski definition) is 2. The van der Waals surface area contributed by atoms with Crippen LogP contribution in [0.3, 0.4) is 0 Å². The zero-order chi connectivity index (χ0) is 49.4. The lowest BCUT2D eigenvalue weighted by Crippen LogP contribution is -2.44. The number of pyridine rings is 1. The first-order chi connectivity index (χ1) is 37.2. The molecule has 0 radical (unpaired) electrons. The molecule has 14 aromatic rings. The lowest BCUT2D eigenvalue weighted by atomic mass is 9.98. The summed E-state index contributed by atoms with van der Waals surface area (Å²) < 4.78 is 7.19. The van der Waals surface area contributed by atoms with E-state index in [0.717, 1.165) is 61.7 Å². The molecule has 1 aliphatic heterocycles. The van der Waals surface area contributed by atoms with E-state index in [4.69, 9.17) is 4.99 Å². The second kappa shape index (κ2) is 17.4. The fourth-order valence-corrected chi connectivity index (χ4v) is 11.7. The SMILES string of the molecule is c1ccc(C2=NC(c3cccc(-n4c5ccc(-c6ccc7c(c6)c6ccccc6n7-c6ccccc6)cc5c5cc(-c6ccc7c(c6)c6ccccc6n7-c6ccccc6)ccc54)c3)NC(c3ccncc3)N2)cc1. The van der Waals surface area contributed by atoms with Gasteiger partial charge in [0.1, 0.15) is 18.2 Å². The van der Waals surface area contributed by atoms with E-state index >= 15 is 0 Å². The first kappa shape index (κ1) is 42.8. The van der Waals surface area contributed by atoms with Gasteiger partial charge < -0.3 is 19.0 Å². The molecule has 15 rings (SSSR count). The fraction of sp³-hybridized carbons (Fsp3) is 0.0294. The number of hydrogen-bond acceptors (Lipinski definition) is 4. The van der Waals surface area contributed by atoms with Gasteiger partial charge in [0.25, 0.3) is 0 Å². The van der Waals surface area contributed by atoms with Crippen molar-refractivity contribution in [3.8, 4) is 39.3 Å². The Kier molecular flexibility index (Phi) is 9.96. The summed E-state index contributed by atoms with van der Waals surface area (Å²) in [5.41, 5.74) is 18.3. The van der Waals surface area contributed by atoms with E-state index in [1.807, 2.05) is 18.5 Å². The number of benzene rings is 10. The number of nitrogens with zero attached hydrogens (tertiary/aromatic N) is 5. The Morgan fingerprint density at radius 2 is 0.720 bits per heavy atom. The van der Waals surface area contributed by atoms with Crippen molar-refractivity contribution < 1.29 is 0 Å². The van der Waals surface area contributed by atoms with Crippen molar-refractivity contribution >= 4 is 71.3 Å². The molecule has 0 saturated carbocycles. The quantitative estimate of drug-likeness (QED) is 0.159. The first-order valence-electron chi connectivity index (χ1n) is 25.6. The van der Waals surface area contributed by atoms with Gasteiger partial charge in [-0.2, -0.15) is 0 Å². The Hall–Kier alpha value is -9.82. The average Bonchev–Trinajstić information content (AvgIpc) is 4.13. The van der Waals surface area contributed by atoms with Gasteiger partial charge in [0.05, 0.1) is 33.1 Å². The number of aromatic nitrogens is 4. The molecule has 0 bridgehead atoms. The maximum absolute atomic E-state index is 5.32. The highest BCUT2D eigenvalue weighted by Gasteiger charge is 2.26. The molecular weight excluding hydrogens is 915 g/mol. The molecule has 5 heterocycles. The van der Waals surface area contributed by atoms with Crippen LogP contribution >= 0.6 is 0 Å². The molecule has 10 aromatic carbocycles. The molecule has 2 N–H and O–H groups in total. The van der Waals surface area contributed by atoms with E-state index in [1.54, 1.807) is 0 Å². The van der Waals surface area contributed by atoms with Gasteiger partial charge in [-0.25, -0.2) is 4.99 Å². The third kappa shape index (κ3) is 7.16. The number of amidine groups is 1. The van der Waals surface area contributed by atoms with Gasteiger partial charge in [0, 0.05) is 67.3 Å². The lowest BCUT2D eigenvalue weighted by Gasteiger charge is -2.32. The van der Waals surface area contributed by atoms with Crippen LogP contribution < -0.4 is 10.6 Å². The summed E-state index contributed by atoms with van der Waals surface area (Å²) in [6.45, 7) is 0. The van der Waals surface area contributed by atoms with Gasteiger partial charge in [-0.15, -0.1) is 0 Å². The summed E-state index contributed by atoms with van der Waals surface area (Å²) in [5, 5.41) is 14.8. The van der Waals surface area contributed by atoms with Crippen LogP contribution in [-0.2, 0) is 0 Å².